The zero-order valence-electron chi connectivity index (χ0n) is 34.1. The molecule has 2 amide bonds. The molecule has 3 aromatic carbocycles. The standard InChI is InChI=1S/C46H54N8O5/c1-4-6-20-53(21-7-5-2)28-50-42-41-43(48-27-47-42)54(29-49-41)46-23-38(46)36(25-55)40(24-46)51-44(56)39(22-30-16-18-31(58-3)19-17-30)52-45(57)59-26-37-34-14-10-8-12-32(34)33-13-9-11-15-35(33)37/h8-19,27-29,36-40,55H,4-7,20-26H2,1-3H3,(H,51,56)(H,52,57)/b50-28-/t36-,38-,39-,40-,46-/m0/s1. The highest BCUT2D eigenvalue weighted by Gasteiger charge is 2.67. The second-order valence-electron chi connectivity index (χ2n) is 16.1. The summed E-state index contributed by atoms with van der Waals surface area (Å²) in [6.07, 6.45) is 10.6. The summed E-state index contributed by atoms with van der Waals surface area (Å²) < 4.78 is 13.3. The molecule has 0 unspecified atom stereocenters. The molecule has 0 saturated heterocycles. The van der Waals surface area contributed by atoms with E-state index in [4.69, 9.17) is 19.5 Å². The highest BCUT2D eigenvalue weighted by Crippen LogP contribution is 2.64. The molecule has 2 fully saturated rings. The van der Waals surface area contributed by atoms with Gasteiger partial charge in [-0.15, -0.1) is 0 Å². The number of ether oxygens (including phenoxy) is 2. The van der Waals surface area contributed by atoms with Crippen LogP contribution in [-0.2, 0) is 21.5 Å². The Morgan fingerprint density at radius 1 is 0.966 bits per heavy atom. The van der Waals surface area contributed by atoms with Gasteiger partial charge in [0.25, 0.3) is 0 Å². The maximum atomic E-state index is 14.3. The summed E-state index contributed by atoms with van der Waals surface area (Å²) in [6, 6.07) is 22.5. The van der Waals surface area contributed by atoms with Crippen molar-refractivity contribution in [2.45, 2.75) is 82.3 Å². The third-order valence-corrected chi connectivity index (χ3v) is 12.5. The van der Waals surface area contributed by atoms with E-state index in [0.29, 0.717) is 29.2 Å². The molecule has 3 aliphatic rings. The van der Waals surface area contributed by atoms with Crippen molar-refractivity contribution >= 4 is 35.3 Å². The Hall–Kier alpha value is -5.82. The summed E-state index contributed by atoms with van der Waals surface area (Å²) in [5, 5.41) is 16.8. The van der Waals surface area contributed by atoms with Crippen LogP contribution in [0, 0.1) is 11.8 Å². The summed E-state index contributed by atoms with van der Waals surface area (Å²) >= 11 is 0. The van der Waals surface area contributed by atoms with Crippen molar-refractivity contribution in [1.82, 2.24) is 35.1 Å². The summed E-state index contributed by atoms with van der Waals surface area (Å²) in [5.74, 6) is 0.648. The first kappa shape index (κ1) is 40.0. The number of amides is 2. The fourth-order valence-electron chi connectivity index (χ4n) is 9.31. The number of imidazole rings is 1. The second kappa shape index (κ2) is 17.6. The number of aliphatic imine (C=N–C) groups is 1. The van der Waals surface area contributed by atoms with Gasteiger partial charge >= 0.3 is 6.09 Å². The number of alkyl carbamates (subject to hydrolysis) is 1. The summed E-state index contributed by atoms with van der Waals surface area (Å²) in [7, 11) is 1.60. The number of fused-ring (bicyclic) bond motifs is 5. The van der Waals surface area contributed by atoms with Crippen LogP contribution >= 0.6 is 0 Å². The van der Waals surface area contributed by atoms with Crippen molar-refractivity contribution in [2.24, 2.45) is 16.8 Å². The highest BCUT2D eigenvalue weighted by atomic mass is 16.5. The molecule has 3 aliphatic carbocycles. The topological polar surface area (TPSA) is 156 Å². The van der Waals surface area contributed by atoms with Crippen molar-refractivity contribution in [3.05, 3.63) is 102 Å². The molecule has 0 radical (unpaired) electrons. The SMILES string of the molecule is CCCCN(/C=N\c1ncnc2c1ncn2[C@@]12C[C@H](NC(=O)[C@H](Cc3ccc(OC)cc3)NC(=O)OCC3c4ccccc4-c4ccccc43)[C@@H](CO)[C@@H]1C2)CCCC. The predicted octanol–water partition coefficient (Wildman–Crippen LogP) is 6.76. The number of unbranched alkanes of at least 4 members (excludes halogenated alkanes) is 2. The number of nitrogens with zero attached hydrogens (tertiary/aromatic N) is 6. The number of carbonyl (C=O) groups is 2. The van der Waals surface area contributed by atoms with Gasteiger partial charge in [-0.25, -0.2) is 24.7 Å². The van der Waals surface area contributed by atoms with E-state index >= 15 is 0 Å². The normalized spacial score (nSPS) is 20.8. The summed E-state index contributed by atoms with van der Waals surface area (Å²) in [5.41, 5.74) is 6.25. The molecular weight excluding hydrogens is 745 g/mol. The lowest BCUT2D eigenvalue weighted by molar-refractivity contribution is -0.124. The van der Waals surface area contributed by atoms with Crippen molar-refractivity contribution < 1.29 is 24.2 Å². The average Bonchev–Trinajstić information content (AvgIpc) is 3.51. The monoisotopic (exact) mass is 798 g/mol. The largest absolute Gasteiger partial charge is 0.497 e. The zero-order valence-corrected chi connectivity index (χ0v) is 34.1. The lowest BCUT2D eigenvalue weighted by atomic mass is 9.97. The van der Waals surface area contributed by atoms with E-state index in [1.807, 2.05) is 54.9 Å². The quantitative estimate of drug-likeness (QED) is 0.0644. The van der Waals surface area contributed by atoms with Crippen LogP contribution in [0.25, 0.3) is 22.3 Å². The number of hydrogen-bond acceptors (Lipinski definition) is 9. The van der Waals surface area contributed by atoms with E-state index in [1.165, 1.54) is 6.33 Å². The molecule has 2 heterocycles. The fraction of sp³-hybridized carbons (Fsp3) is 0.435. The van der Waals surface area contributed by atoms with Gasteiger partial charge in [0.15, 0.2) is 17.0 Å². The van der Waals surface area contributed by atoms with Gasteiger partial charge in [-0.05, 0) is 71.6 Å². The van der Waals surface area contributed by atoms with Gasteiger partial charge in [-0.2, -0.15) is 0 Å². The Labute approximate surface area is 345 Å². The summed E-state index contributed by atoms with van der Waals surface area (Å²) in [6.45, 7) is 6.28. The number of benzene rings is 3. The molecule has 59 heavy (non-hydrogen) atoms. The van der Waals surface area contributed by atoms with Crippen molar-refractivity contribution in [1.29, 1.82) is 0 Å². The Bertz CT molecular complexity index is 2240. The van der Waals surface area contributed by atoms with Crippen LogP contribution in [0.3, 0.4) is 0 Å². The van der Waals surface area contributed by atoms with Gasteiger partial charge < -0.3 is 34.7 Å². The Morgan fingerprint density at radius 2 is 1.66 bits per heavy atom. The van der Waals surface area contributed by atoms with Crippen molar-refractivity contribution in [3.8, 4) is 16.9 Å². The minimum absolute atomic E-state index is 0.0944. The molecule has 0 bridgehead atoms. The van der Waals surface area contributed by atoms with Crippen LogP contribution in [0.4, 0.5) is 10.6 Å². The number of methoxy groups -OCH3 is 1. The average molecular weight is 799 g/mol. The van der Waals surface area contributed by atoms with Gasteiger partial charge in [-0.1, -0.05) is 87.4 Å². The molecule has 8 rings (SSSR count). The van der Waals surface area contributed by atoms with Gasteiger partial charge in [0.1, 0.15) is 24.7 Å². The Morgan fingerprint density at radius 3 is 2.32 bits per heavy atom. The Balaban J connectivity index is 0.981. The molecule has 5 atom stereocenters. The highest BCUT2D eigenvalue weighted by molar-refractivity contribution is 5.87. The molecule has 13 heteroatoms. The number of aliphatic hydroxyl groups excluding tert-OH is 1. The Kier molecular flexibility index (Phi) is 11.9. The maximum Gasteiger partial charge on any atom is 0.407 e. The number of aliphatic hydroxyl groups is 1. The molecule has 13 nitrogen and oxygen atoms in total. The molecule has 0 spiro atoms. The van der Waals surface area contributed by atoms with E-state index in [-0.39, 0.29) is 54.9 Å². The minimum atomic E-state index is -0.942. The molecular formula is C46H54N8O5. The van der Waals surface area contributed by atoms with Gasteiger partial charge in [-0.3, -0.25) is 4.79 Å². The molecule has 0 aliphatic heterocycles. The van der Waals surface area contributed by atoms with Gasteiger partial charge in [0.2, 0.25) is 5.91 Å². The van der Waals surface area contributed by atoms with Crippen LogP contribution in [0.5, 0.6) is 5.75 Å². The molecule has 2 aromatic heterocycles. The van der Waals surface area contributed by atoms with E-state index in [1.54, 1.807) is 13.4 Å². The van der Waals surface area contributed by atoms with Crippen LogP contribution in [0.1, 0.15) is 75.0 Å². The molecule has 3 N–H and O–H groups in total. The number of nitrogens with one attached hydrogen (secondary N) is 2. The van der Waals surface area contributed by atoms with Gasteiger partial charge in [0, 0.05) is 44.0 Å². The number of carbonyl (C=O) groups excluding carboxylic acids is 2. The maximum absolute atomic E-state index is 14.3. The lowest BCUT2D eigenvalue weighted by Gasteiger charge is -2.26. The summed E-state index contributed by atoms with van der Waals surface area (Å²) in [4.78, 5) is 48.8. The zero-order chi connectivity index (χ0) is 40.9. The van der Waals surface area contributed by atoms with E-state index < -0.39 is 12.1 Å². The van der Waals surface area contributed by atoms with E-state index in [2.05, 4.69) is 68.2 Å². The first-order chi connectivity index (χ1) is 28.9. The van der Waals surface area contributed by atoms with Crippen LogP contribution in [0.15, 0.2) is 90.4 Å². The van der Waals surface area contributed by atoms with Gasteiger partial charge in [0.05, 0.1) is 25.3 Å². The number of hydrogen-bond donors (Lipinski definition) is 3. The number of rotatable bonds is 18. The first-order valence-electron chi connectivity index (χ1n) is 21.0. The van der Waals surface area contributed by atoms with Crippen LogP contribution in [-0.4, -0.2) is 93.4 Å². The predicted molar refractivity (Wildman–Crippen MR) is 227 cm³/mol. The molecule has 308 valence electrons. The fourth-order valence-corrected chi connectivity index (χ4v) is 9.31. The van der Waals surface area contributed by atoms with Crippen molar-refractivity contribution in [2.75, 3.05) is 33.4 Å². The number of aromatic nitrogens is 4. The minimum Gasteiger partial charge on any atom is -0.497 e. The van der Waals surface area contributed by atoms with Crippen LogP contribution in [0.2, 0.25) is 0 Å². The third kappa shape index (κ3) is 8.12. The van der Waals surface area contributed by atoms with Crippen molar-refractivity contribution in [3.63, 3.8) is 0 Å². The van der Waals surface area contributed by atoms with Crippen LogP contribution < -0.4 is 15.4 Å². The first-order valence-corrected chi connectivity index (χ1v) is 21.0. The molecule has 2 saturated carbocycles. The van der Waals surface area contributed by atoms with E-state index in [9.17, 15) is 14.7 Å². The lowest BCUT2D eigenvalue weighted by Crippen LogP contribution is -2.52. The third-order valence-electron chi connectivity index (χ3n) is 12.5. The second-order valence-corrected chi connectivity index (χ2v) is 16.1. The van der Waals surface area contributed by atoms with E-state index in [0.717, 1.165) is 73.0 Å². The molecule has 5 aromatic rings. The smallest absolute Gasteiger partial charge is 0.407 e.